The average molecular weight is 516 g/mol. The van der Waals surface area contributed by atoms with Gasteiger partial charge in [0, 0.05) is 17.0 Å². The molecule has 0 spiro atoms. The van der Waals surface area contributed by atoms with E-state index in [1.807, 2.05) is 52.8 Å². The first kappa shape index (κ1) is 27.6. The van der Waals surface area contributed by atoms with Crippen molar-refractivity contribution >= 4 is 17.1 Å². The molecule has 10 heteroatoms. The molecule has 0 aliphatic heterocycles. The highest BCUT2D eigenvalue weighted by atomic mass is 19.4. The van der Waals surface area contributed by atoms with Crippen LogP contribution in [0.25, 0.3) is 0 Å². The summed E-state index contributed by atoms with van der Waals surface area (Å²) in [6.07, 6.45) is -4.72. The van der Waals surface area contributed by atoms with Crippen molar-refractivity contribution < 1.29 is 27.9 Å². The van der Waals surface area contributed by atoms with Crippen LogP contribution in [0.2, 0.25) is 0 Å². The summed E-state index contributed by atoms with van der Waals surface area (Å²) in [6.45, 7) is 9.70. The molecule has 1 N–H and O–H groups in total. The summed E-state index contributed by atoms with van der Waals surface area (Å²) in [5.74, 6) is 0.441. The van der Waals surface area contributed by atoms with Gasteiger partial charge in [0.25, 0.3) is 5.69 Å². The van der Waals surface area contributed by atoms with E-state index < -0.39 is 33.5 Å². The molecule has 0 aliphatic rings. The van der Waals surface area contributed by atoms with Gasteiger partial charge in [-0.15, -0.1) is 10.2 Å². The Kier molecular flexibility index (Phi) is 7.35. The summed E-state index contributed by atoms with van der Waals surface area (Å²) < 4.78 is 44.9. The number of phenols is 1. The van der Waals surface area contributed by atoms with Crippen molar-refractivity contribution in [2.75, 3.05) is 7.11 Å². The van der Waals surface area contributed by atoms with Gasteiger partial charge in [-0.3, -0.25) is 10.1 Å². The van der Waals surface area contributed by atoms with E-state index in [-0.39, 0.29) is 16.9 Å². The topological polar surface area (TPSA) is 97.3 Å². The number of nitro benzene ring substituents is 1. The zero-order valence-electron chi connectivity index (χ0n) is 21.3. The van der Waals surface area contributed by atoms with E-state index in [0.29, 0.717) is 23.4 Å². The SMILES string of the molecule is COc1ccc(C(C)(C)c2cc(C(C)(C)C)cc(N=Nc3cc(C(F)(F)F)ccc3[N+](=O)[O-])c2O)cc1. The maximum absolute atomic E-state index is 13.2. The van der Waals surface area contributed by atoms with E-state index in [1.54, 1.807) is 25.3 Å². The van der Waals surface area contributed by atoms with Crippen molar-refractivity contribution in [3.63, 3.8) is 0 Å². The molecule has 0 unspecified atom stereocenters. The Bertz CT molecular complexity index is 1340. The molecule has 3 aromatic carbocycles. The van der Waals surface area contributed by atoms with Crippen molar-refractivity contribution in [2.45, 2.75) is 51.6 Å². The number of phenolic OH excluding ortho intramolecular Hbond substituents is 1. The fourth-order valence-corrected chi connectivity index (χ4v) is 3.81. The summed E-state index contributed by atoms with van der Waals surface area (Å²) in [5, 5.41) is 30.4. The molecule has 0 saturated carbocycles. The van der Waals surface area contributed by atoms with Crippen LogP contribution in [0, 0.1) is 10.1 Å². The van der Waals surface area contributed by atoms with Crippen molar-refractivity contribution in [2.24, 2.45) is 10.2 Å². The van der Waals surface area contributed by atoms with Crippen molar-refractivity contribution in [3.8, 4) is 11.5 Å². The number of azo groups is 1. The third kappa shape index (κ3) is 5.90. The van der Waals surface area contributed by atoms with E-state index in [1.165, 1.54) is 0 Å². The number of rotatable bonds is 6. The van der Waals surface area contributed by atoms with Crippen molar-refractivity contribution in [1.29, 1.82) is 0 Å². The monoisotopic (exact) mass is 515 g/mol. The molecule has 0 saturated heterocycles. The van der Waals surface area contributed by atoms with Gasteiger partial charge in [-0.05, 0) is 46.9 Å². The van der Waals surface area contributed by atoms with Gasteiger partial charge in [-0.25, -0.2) is 0 Å². The molecule has 0 amide bonds. The largest absolute Gasteiger partial charge is 0.505 e. The highest BCUT2D eigenvalue weighted by Crippen LogP contribution is 2.45. The smallest absolute Gasteiger partial charge is 0.416 e. The average Bonchev–Trinajstić information content (AvgIpc) is 2.81. The van der Waals surface area contributed by atoms with E-state index >= 15 is 0 Å². The number of halogens is 3. The molecule has 196 valence electrons. The quantitative estimate of drug-likeness (QED) is 0.203. The van der Waals surface area contributed by atoms with Gasteiger partial charge >= 0.3 is 6.18 Å². The van der Waals surface area contributed by atoms with Crippen LogP contribution in [0.5, 0.6) is 11.5 Å². The van der Waals surface area contributed by atoms with Crippen LogP contribution in [0.4, 0.5) is 30.2 Å². The normalized spacial score (nSPS) is 12.7. The third-order valence-electron chi connectivity index (χ3n) is 6.21. The lowest BCUT2D eigenvalue weighted by Gasteiger charge is -2.30. The molecule has 37 heavy (non-hydrogen) atoms. The molecule has 0 atom stereocenters. The standard InChI is InChI=1S/C27H28F3N3O4/c1-25(2,3)18-13-20(26(4,5)16-7-10-19(37-6)11-8-16)24(34)22(15-18)32-31-21-14-17(27(28,29)30)9-12-23(21)33(35)36/h7-15,34H,1-6H3. The summed E-state index contributed by atoms with van der Waals surface area (Å²) in [5.41, 5.74) is -1.26. The molecule has 3 aromatic rings. The van der Waals surface area contributed by atoms with Gasteiger partial charge < -0.3 is 9.84 Å². The summed E-state index contributed by atoms with van der Waals surface area (Å²) in [4.78, 5) is 10.6. The Labute approximate surface area is 212 Å². The Morgan fingerprint density at radius 2 is 1.38 bits per heavy atom. The van der Waals surface area contributed by atoms with E-state index in [0.717, 1.165) is 17.2 Å². The Morgan fingerprint density at radius 1 is 0.838 bits per heavy atom. The second kappa shape index (κ2) is 9.84. The van der Waals surface area contributed by atoms with Crippen LogP contribution < -0.4 is 4.74 Å². The first-order valence-corrected chi connectivity index (χ1v) is 11.4. The molecule has 3 rings (SSSR count). The van der Waals surface area contributed by atoms with Crippen molar-refractivity contribution in [3.05, 3.63) is 87.0 Å². The van der Waals surface area contributed by atoms with E-state index in [9.17, 15) is 28.4 Å². The zero-order valence-corrected chi connectivity index (χ0v) is 21.3. The number of nitrogens with zero attached hydrogens (tertiary/aromatic N) is 3. The zero-order chi connectivity index (χ0) is 27.8. The number of nitro groups is 1. The second-order valence-corrected chi connectivity index (χ2v) is 10.2. The van der Waals surface area contributed by atoms with Crippen molar-refractivity contribution in [1.82, 2.24) is 0 Å². The second-order valence-electron chi connectivity index (χ2n) is 10.2. The number of hydrogen-bond donors (Lipinski definition) is 1. The van der Waals surface area contributed by atoms with Crippen LogP contribution in [0.1, 0.15) is 56.9 Å². The first-order valence-electron chi connectivity index (χ1n) is 11.4. The summed E-state index contributed by atoms with van der Waals surface area (Å²) >= 11 is 0. The van der Waals surface area contributed by atoms with Gasteiger partial charge in [0.15, 0.2) is 5.69 Å². The van der Waals surface area contributed by atoms with Crippen LogP contribution >= 0.6 is 0 Å². The van der Waals surface area contributed by atoms with Crippen LogP contribution in [0.3, 0.4) is 0 Å². The molecule has 0 fully saturated rings. The third-order valence-corrected chi connectivity index (χ3v) is 6.21. The Morgan fingerprint density at radius 3 is 1.89 bits per heavy atom. The molecule has 0 heterocycles. The number of methoxy groups -OCH3 is 1. The highest BCUT2D eigenvalue weighted by Gasteiger charge is 2.33. The van der Waals surface area contributed by atoms with Gasteiger partial charge in [-0.2, -0.15) is 13.2 Å². The Hall–Kier alpha value is -3.95. The van der Waals surface area contributed by atoms with E-state index in [2.05, 4.69) is 10.2 Å². The van der Waals surface area contributed by atoms with E-state index in [4.69, 9.17) is 4.74 Å². The highest BCUT2D eigenvalue weighted by molar-refractivity contribution is 5.64. The first-order chi connectivity index (χ1) is 17.1. The number of aromatic hydroxyl groups is 1. The van der Waals surface area contributed by atoms with Gasteiger partial charge in [0.1, 0.15) is 17.2 Å². The minimum atomic E-state index is -4.72. The van der Waals surface area contributed by atoms with Gasteiger partial charge in [0.2, 0.25) is 0 Å². The fourth-order valence-electron chi connectivity index (χ4n) is 3.81. The lowest BCUT2D eigenvalue weighted by atomic mass is 9.75. The summed E-state index contributed by atoms with van der Waals surface area (Å²) in [7, 11) is 1.56. The predicted octanol–water partition coefficient (Wildman–Crippen LogP) is 8.37. The molecular formula is C27H28F3N3O4. The minimum Gasteiger partial charge on any atom is -0.505 e. The Balaban J connectivity index is 2.20. The lowest BCUT2D eigenvalue weighted by molar-refractivity contribution is -0.384. The molecule has 7 nitrogen and oxygen atoms in total. The number of ether oxygens (including phenoxy) is 1. The van der Waals surface area contributed by atoms with Crippen LogP contribution in [-0.2, 0) is 17.0 Å². The lowest BCUT2D eigenvalue weighted by Crippen LogP contribution is -2.21. The van der Waals surface area contributed by atoms with Gasteiger partial charge in [0.05, 0.1) is 17.6 Å². The van der Waals surface area contributed by atoms with Crippen LogP contribution in [0.15, 0.2) is 64.8 Å². The van der Waals surface area contributed by atoms with Gasteiger partial charge in [-0.1, -0.05) is 52.8 Å². The fraction of sp³-hybridized carbons (Fsp3) is 0.333. The molecular weight excluding hydrogens is 487 g/mol. The maximum atomic E-state index is 13.2. The number of hydrogen-bond acceptors (Lipinski definition) is 6. The number of alkyl halides is 3. The number of benzene rings is 3. The molecule has 0 aromatic heterocycles. The van der Waals surface area contributed by atoms with Crippen LogP contribution in [-0.4, -0.2) is 17.1 Å². The molecule has 0 bridgehead atoms. The molecule has 0 aliphatic carbocycles. The molecule has 0 radical (unpaired) electrons. The predicted molar refractivity (Wildman–Crippen MR) is 134 cm³/mol. The minimum absolute atomic E-state index is 0.0179. The maximum Gasteiger partial charge on any atom is 0.416 e. The summed E-state index contributed by atoms with van der Waals surface area (Å²) in [6, 6.07) is 12.7.